The minimum absolute atomic E-state index is 0.564. The number of anilines is 1. The summed E-state index contributed by atoms with van der Waals surface area (Å²) >= 11 is 12.2. The minimum atomic E-state index is 0.564. The summed E-state index contributed by atoms with van der Waals surface area (Å²) in [5.74, 6) is 1.70. The molecule has 2 saturated heterocycles. The van der Waals surface area contributed by atoms with Crippen LogP contribution in [0.1, 0.15) is 43.5 Å². The smallest absolute Gasteiger partial charge is 0.150 e. The molecule has 2 aromatic heterocycles. The van der Waals surface area contributed by atoms with Gasteiger partial charge in [-0.05, 0) is 57.1 Å². The first kappa shape index (κ1) is 27.6. The van der Waals surface area contributed by atoms with Crippen LogP contribution in [0.2, 0.25) is 10.0 Å². The molecule has 198 valence electrons. The molecule has 0 aliphatic carbocycles. The Morgan fingerprint density at radius 1 is 1.05 bits per heavy atom. The van der Waals surface area contributed by atoms with Gasteiger partial charge in [0.2, 0.25) is 0 Å². The fourth-order valence-electron chi connectivity index (χ4n) is 5.23. The lowest BCUT2D eigenvalue weighted by atomic mass is 9.98. The molecule has 2 fully saturated rings. The van der Waals surface area contributed by atoms with Crippen LogP contribution in [0.5, 0.6) is 0 Å². The summed E-state index contributed by atoms with van der Waals surface area (Å²) in [7, 11) is 0. The normalized spacial score (nSPS) is 19.4. The summed E-state index contributed by atoms with van der Waals surface area (Å²) in [6.07, 6.45) is 9.96. The highest BCUT2D eigenvalue weighted by Gasteiger charge is 2.33. The monoisotopic (exact) mass is 542 g/mol. The number of benzene rings is 1. The summed E-state index contributed by atoms with van der Waals surface area (Å²) in [5.41, 5.74) is 1.58. The Morgan fingerprint density at radius 3 is 2.41 bits per heavy atom. The Labute approximate surface area is 229 Å². The van der Waals surface area contributed by atoms with Gasteiger partial charge in [-0.3, -0.25) is 9.69 Å². The van der Waals surface area contributed by atoms with E-state index in [1.54, 1.807) is 30.5 Å². The zero-order valence-electron chi connectivity index (χ0n) is 21.6. The molecule has 5 rings (SSSR count). The van der Waals surface area contributed by atoms with E-state index in [1.165, 1.54) is 32.5 Å². The Bertz CT molecular complexity index is 1120. The van der Waals surface area contributed by atoms with E-state index >= 15 is 0 Å². The maximum absolute atomic E-state index is 10.1. The van der Waals surface area contributed by atoms with Crippen molar-refractivity contribution in [2.45, 2.75) is 45.2 Å². The molecule has 37 heavy (non-hydrogen) atoms. The van der Waals surface area contributed by atoms with Crippen molar-refractivity contribution in [1.82, 2.24) is 24.8 Å². The number of piperazine rings is 1. The second-order valence-corrected chi connectivity index (χ2v) is 10.4. The minimum Gasteiger partial charge on any atom is -0.353 e. The third kappa shape index (κ3) is 7.11. The van der Waals surface area contributed by atoms with Crippen molar-refractivity contribution < 1.29 is 4.79 Å². The summed E-state index contributed by atoms with van der Waals surface area (Å²) < 4.78 is 0. The van der Waals surface area contributed by atoms with Crippen molar-refractivity contribution in [3.05, 3.63) is 64.5 Å². The van der Waals surface area contributed by atoms with E-state index in [-0.39, 0.29) is 0 Å². The predicted molar refractivity (Wildman–Crippen MR) is 152 cm³/mol. The number of carbonyl (C=O) groups excluding carboxylic acids is 1. The molecule has 4 heterocycles. The number of aromatic nitrogens is 3. The Kier molecular flexibility index (Phi) is 9.97. The molecular formula is C28H36Cl2N6O. The predicted octanol–water partition coefficient (Wildman–Crippen LogP) is 5.66. The molecule has 1 aromatic carbocycles. The van der Waals surface area contributed by atoms with Gasteiger partial charge in [0.15, 0.2) is 0 Å². The molecular weight excluding hydrogens is 507 g/mol. The van der Waals surface area contributed by atoms with E-state index in [0.29, 0.717) is 21.7 Å². The Balaban J connectivity index is 0.000000301. The average molecular weight is 544 g/mol. The van der Waals surface area contributed by atoms with Crippen molar-refractivity contribution in [3.63, 3.8) is 0 Å². The number of likely N-dealkylation sites (tertiary alicyclic amines) is 1. The Hall–Kier alpha value is -2.45. The molecule has 1 unspecified atom stereocenters. The third-order valence-electron chi connectivity index (χ3n) is 7.37. The molecule has 1 N–H and O–H groups in total. The van der Waals surface area contributed by atoms with Crippen LogP contribution in [0.25, 0.3) is 11.4 Å². The van der Waals surface area contributed by atoms with Crippen LogP contribution in [0.3, 0.4) is 0 Å². The lowest BCUT2D eigenvalue weighted by Gasteiger charge is -2.47. The van der Waals surface area contributed by atoms with Crippen molar-refractivity contribution >= 4 is 35.3 Å². The van der Waals surface area contributed by atoms with Crippen molar-refractivity contribution in [2.24, 2.45) is 0 Å². The molecule has 0 saturated carbocycles. The SMILES string of the molecule is CCC1CN(c2ncc(-c3ncc[nH]3)cc2Cl)CCN1C1CCN(CC)CC1.O=Cc1ccc(Cl)cc1. The third-order valence-corrected chi connectivity index (χ3v) is 7.90. The van der Waals surface area contributed by atoms with Gasteiger partial charge in [-0.1, -0.05) is 49.2 Å². The van der Waals surface area contributed by atoms with Crippen LogP contribution in [-0.4, -0.2) is 82.4 Å². The van der Waals surface area contributed by atoms with E-state index in [0.717, 1.165) is 55.6 Å². The largest absolute Gasteiger partial charge is 0.353 e. The number of hydrogen-bond donors (Lipinski definition) is 1. The topological polar surface area (TPSA) is 68.4 Å². The number of imidazole rings is 1. The van der Waals surface area contributed by atoms with E-state index in [4.69, 9.17) is 28.2 Å². The average Bonchev–Trinajstić information content (AvgIpc) is 3.49. The summed E-state index contributed by atoms with van der Waals surface area (Å²) in [5, 5.41) is 1.36. The van der Waals surface area contributed by atoms with Gasteiger partial charge in [-0.2, -0.15) is 0 Å². The molecule has 0 radical (unpaired) electrons. The van der Waals surface area contributed by atoms with E-state index in [1.807, 2.05) is 18.5 Å². The highest BCUT2D eigenvalue weighted by atomic mass is 35.5. The number of nitrogens with one attached hydrogen (secondary N) is 1. The summed E-state index contributed by atoms with van der Waals surface area (Å²) in [6, 6.07) is 9.98. The zero-order chi connectivity index (χ0) is 26.2. The van der Waals surface area contributed by atoms with Crippen molar-refractivity contribution in [2.75, 3.05) is 44.2 Å². The van der Waals surface area contributed by atoms with Crippen molar-refractivity contribution in [3.8, 4) is 11.4 Å². The number of aldehydes is 1. The van der Waals surface area contributed by atoms with Gasteiger partial charge in [0.25, 0.3) is 0 Å². The van der Waals surface area contributed by atoms with Crippen molar-refractivity contribution in [1.29, 1.82) is 0 Å². The molecule has 0 bridgehead atoms. The van der Waals surface area contributed by atoms with Crippen LogP contribution < -0.4 is 4.90 Å². The van der Waals surface area contributed by atoms with Gasteiger partial charge in [0.1, 0.15) is 17.9 Å². The molecule has 0 spiro atoms. The molecule has 9 heteroatoms. The number of piperidine rings is 1. The molecule has 0 amide bonds. The van der Waals surface area contributed by atoms with E-state index < -0.39 is 0 Å². The Morgan fingerprint density at radius 2 is 1.81 bits per heavy atom. The number of halogens is 2. The lowest BCUT2D eigenvalue weighted by Crippen LogP contribution is -2.58. The van der Waals surface area contributed by atoms with Gasteiger partial charge in [0, 0.05) is 66.5 Å². The highest BCUT2D eigenvalue weighted by molar-refractivity contribution is 6.33. The fraction of sp³-hybridized carbons (Fsp3) is 0.464. The second-order valence-electron chi connectivity index (χ2n) is 9.55. The number of hydrogen-bond acceptors (Lipinski definition) is 6. The number of aromatic amines is 1. The summed E-state index contributed by atoms with van der Waals surface area (Å²) in [4.78, 5) is 29.9. The maximum atomic E-state index is 10.1. The summed E-state index contributed by atoms with van der Waals surface area (Å²) in [6.45, 7) is 11.3. The molecule has 1 atom stereocenters. The first-order chi connectivity index (χ1) is 18.0. The standard InChI is InChI=1S/C21H31ClN6.C7H5ClO/c1-3-17-15-27(11-12-28(17)18-5-9-26(4-2)10-6-18)21-19(22)13-16(14-25-21)20-23-7-8-24-20;8-7-3-1-6(5-9)2-4-7/h7-8,13-14,17-18H,3-6,9-12,15H2,1-2H3,(H,23,24);1-5H. The van der Waals surface area contributed by atoms with Crippen LogP contribution in [0.15, 0.2) is 48.9 Å². The first-order valence-electron chi connectivity index (χ1n) is 13.1. The van der Waals surface area contributed by atoms with Gasteiger partial charge in [-0.25, -0.2) is 9.97 Å². The van der Waals surface area contributed by atoms with E-state index in [9.17, 15) is 4.79 Å². The number of rotatable bonds is 6. The maximum Gasteiger partial charge on any atom is 0.150 e. The van der Waals surface area contributed by atoms with Crippen LogP contribution >= 0.6 is 23.2 Å². The van der Waals surface area contributed by atoms with Crippen LogP contribution in [0.4, 0.5) is 5.82 Å². The molecule has 2 aliphatic rings. The van der Waals surface area contributed by atoms with Gasteiger partial charge in [-0.15, -0.1) is 0 Å². The zero-order valence-corrected chi connectivity index (χ0v) is 23.1. The van der Waals surface area contributed by atoms with Crippen LogP contribution in [-0.2, 0) is 0 Å². The number of pyridine rings is 1. The van der Waals surface area contributed by atoms with Gasteiger partial charge >= 0.3 is 0 Å². The molecule has 7 nitrogen and oxygen atoms in total. The molecule has 3 aromatic rings. The fourth-order valence-corrected chi connectivity index (χ4v) is 5.64. The van der Waals surface area contributed by atoms with Gasteiger partial charge in [0.05, 0.1) is 5.02 Å². The number of nitrogens with zero attached hydrogens (tertiary/aromatic N) is 5. The highest BCUT2D eigenvalue weighted by Crippen LogP contribution is 2.31. The van der Waals surface area contributed by atoms with Crippen LogP contribution in [0, 0.1) is 0 Å². The van der Waals surface area contributed by atoms with Gasteiger partial charge < -0.3 is 14.8 Å². The quantitative estimate of drug-likeness (QED) is 0.405. The second kappa shape index (κ2) is 13.4. The number of carbonyl (C=O) groups is 1. The first-order valence-corrected chi connectivity index (χ1v) is 13.9. The molecule has 2 aliphatic heterocycles. The van der Waals surface area contributed by atoms with E-state index in [2.05, 4.69) is 38.5 Å². The number of H-pyrrole nitrogens is 1. The lowest BCUT2D eigenvalue weighted by molar-refractivity contribution is 0.0647.